The molecule has 0 unspecified atom stereocenters. The van der Waals surface area contributed by atoms with Crippen molar-refractivity contribution in [3.8, 4) is 5.75 Å². The molecule has 0 spiro atoms. The van der Waals surface area contributed by atoms with Crippen LogP contribution < -0.4 is 10.1 Å². The molecule has 0 radical (unpaired) electrons. The van der Waals surface area contributed by atoms with Crippen molar-refractivity contribution in [1.29, 1.82) is 0 Å². The van der Waals surface area contributed by atoms with E-state index < -0.39 is 6.61 Å². The molecule has 88 valence electrons. The van der Waals surface area contributed by atoms with Crippen LogP contribution >= 0.6 is 0 Å². The fraction of sp³-hybridized carbons (Fsp3) is 0.500. The molecule has 0 bridgehead atoms. The van der Waals surface area contributed by atoms with Gasteiger partial charge in [-0.2, -0.15) is 8.78 Å². The average Bonchev–Trinajstić information content (AvgIpc) is 2.30. The topological polar surface area (TPSA) is 21.3 Å². The van der Waals surface area contributed by atoms with Crippen molar-refractivity contribution in [3.63, 3.8) is 0 Å². The molecule has 1 saturated heterocycles. The van der Waals surface area contributed by atoms with E-state index in [4.69, 9.17) is 0 Å². The van der Waals surface area contributed by atoms with E-state index in [1.54, 1.807) is 12.1 Å². The summed E-state index contributed by atoms with van der Waals surface area (Å²) in [5, 5.41) is 3.32. The van der Waals surface area contributed by atoms with Gasteiger partial charge in [-0.1, -0.05) is 24.6 Å². The molecule has 1 heterocycles. The third kappa shape index (κ3) is 2.70. The van der Waals surface area contributed by atoms with Gasteiger partial charge in [-0.3, -0.25) is 0 Å². The Morgan fingerprint density at radius 3 is 2.75 bits per heavy atom. The SMILES string of the molecule is FC(F)Oc1ccccc1[C@H]1CCCCN1. The van der Waals surface area contributed by atoms with Gasteiger partial charge in [-0.05, 0) is 25.5 Å². The highest BCUT2D eigenvalue weighted by atomic mass is 19.3. The number of ether oxygens (including phenoxy) is 1. The number of hydrogen-bond acceptors (Lipinski definition) is 2. The van der Waals surface area contributed by atoms with E-state index in [9.17, 15) is 8.78 Å². The van der Waals surface area contributed by atoms with Gasteiger partial charge in [0.1, 0.15) is 5.75 Å². The Morgan fingerprint density at radius 1 is 1.25 bits per heavy atom. The minimum atomic E-state index is -2.76. The summed E-state index contributed by atoms with van der Waals surface area (Å²) in [5.74, 6) is 0.289. The van der Waals surface area contributed by atoms with E-state index in [2.05, 4.69) is 10.1 Å². The maximum absolute atomic E-state index is 12.2. The molecule has 16 heavy (non-hydrogen) atoms. The molecule has 2 rings (SSSR count). The second-order valence-electron chi connectivity index (χ2n) is 3.92. The van der Waals surface area contributed by atoms with Crippen LogP contribution in [0.5, 0.6) is 5.75 Å². The van der Waals surface area contributed by atoms with Crippen molar-refractivity contribution < 1.29 is 13.5 Å². The lowest BCUT2D eigenvalue weighted by Gasteiger charge is -2.25. The molecule has 0 aliphatic carbocycles. The molecule has 2 nitrogen and oxygen atoms in total. The lowest BCUT2D eigenvalue weighted by atomic mass is 9.97. The number of nitrogens with one attached hydrogen (secondary N) is 1. The zero-order valence-corrected chi connectivity index (χ0v) is 8.96. The number of benzene rings is 1. The van der Waals surface area contributed by atoms with Crippen LogP contribution in [0.1, 0.15) is 30.9 Å². The summed E-state index contributed by atoms with van der Waals surface area (Å²) >= 11 is 0. The predicted molar refractivity (Wildman–Crippen MR) is 57.7 cm³/mol. The number of para-hydroxylation sites is 1. The lowest BCUT2D eigenvalue weighted by Crippen LogP contribution is -2.27. The molecule has 0 saturated carbocycles. The van der Waals surface area contributed by atoms with Crippen LogP contribution in [0.3, 0.4) is 0 Å². The highest BCUT2D eigenvalue weighted by molar-refractivity contribution is 5.36. The second-order valence-corrected chi connectivity index (χ2v) is 3.92. The zero-order chi connectivity index (χ0) is 11.4. The van der Waals surface area contributed by atoms with Gasteiger partial charge in [0, 0.05) is 11.6 Å². The summed E-state index contributed by atoms with van der Waals surface area (Å²) in [6.07, 6.45) is 3.25. The molecule has 1 fully saturated rings. The van der Waals surface area contributed by atoms with Crippen LogP contribution in [0.15, 0.2) is 24.3 Å². The first-order valence-electron chi connectivity index (χ1n) is 5.54. The smallest absolute Gasteiger partial charge is 0.387 e. The second kappa shape index (κ2) is 5.25. The quantitative estimate of drug-likeness (QED) is 0.856. The zero-order valence-electron chi connectivity index (χ0n) is 8.96. The highest BCUT2D eigenvalue weighted by Gasteiger charge is 2.19. The van der Waals surface area contributed by atoms with Crippen molar-refractivity contribution in [1.82, 2.24) is 5.32 Å². The Bertz CT molecular complexity index is 338. The molecule has 1 N–H and O–H groups in total. The monoisotopic (exact) mass is 227 g/mol. The van der Waals surface area contributed by atoms with Crippen molar-refractivity contribution in [3.05, 3.63) is 29.8 Å². The van der Waals surface area contributed by atoms with Crippen LogP contribution in [-0.2, 0) is 0 Å². The average molecular weight is 227 g/mol. The van der Waals surface area contributed by atoms with Gasteiger partial charge in [-0.25, -0.2) is 0 Å². The van der Waals surface area contributed by atoms with E-state index in [0.29, 0.717) is 0 Å². The maximum atomic E-state index is 12.2. The summed E-state index contributed by atoms with van der Waals surface area (Å²) in [7, 11) is 0. The Labute approximate surface area is 93.6 Å². The Hall–Kier alpha value is -1.16. The van der Waals surface area contributed by atoms with E-state index in [1.165, 1.54) is 0 Å². The summed E-state index contributed by atoms with van der Waals surface area (Å²) < 4.78 is 29.0. The van der Waals surface area contributed by atoms with Gasteiger partial charge in [0.25, 0.3) is 0 Å². The molecule has 4 heteroatoms. The first-order valence-corrected chi connectivity index (χ1v) is 5.54. The van der Waals surface area contributed by atoms with Gasteiger partial charge in [0.2, 0.25) is 0 Å². The van der Waals surface area contributed by atoms with E-state index in [-0.39, 0.29) is 11.8 Å². The van der Waals surface area contributed by atoms with Crippen LogP contribution in [0.25, 0.3) is 0 Å². The molecule has 0 aromatic heterocycles. The van der Waals surface area contributed by atoms with Gasteiger partial charge >= 0.3 is 6.61 Å². The third-order valence-corrected chi connectivity index (χ3v) is 2.82. The molecule has 0 amide bonds. The highest BCUT2D eigenvalue weighted by Crippen LogP contribution is 2.31. The van der Waals surface area contributed by atoms with Gasteiger partial charge < -0.3 is 10.1 Å². The molecule has 1 atom stereocenters. The lowest BCUT2D eigenvalue weighted by molar-refractivity contribution is -0.0507. The summed E-state index contributed by atoms with van der Waals surface area (Å²) in [5.41, 5.74) is 0.836. The Balaban J connectivity index is 2.17. The number of rotatable bonds is 3. The molecule has 1 aliphatic heterocycles. The van der Waals surface area contributed by atoms with Gasteiger partial charge in [0.05, 0.1) is 0 Å². The fourth-order valence-electron chi connectivity index (χ4n) is 2.09. The Morgan fingerprint density at radius 2 is 2.06 bits per heavy atom. The van der Waals surface area contributed by atoms with Crippen molar-refractivity contribution in [2.45, 2.75) is 31.9 Å². The van der Waals surface area contributed by atoms with E-state index in [0.717, 1.165) is 31.4 Å². The van der Waals surface area contributed by atoms with Gasteiger partial charge in [0.15, 0.2) is 0 Å². The van der Waals surface area contributed by atoms with Crippen molar-refractivity contribution >= 4 is 0 Å². The van der Waals surface area contributed by atoms with Crippen LogP contribution in [0.2, 0.25) is 0 Å². The third-order valence-electron chi connectivity index (χ3n) is 2.82. The van der Waals surface area contributed by atoms with Crippen LogP contribution in [0, 0.1) is 0 Å². The van der Waals surface area contributed by atoms with Crippen molar-refractivity contribution in [2.24, 2.45) is 0 Å². The number of alkyl halides is 2. The fourth-order valence-corrected chi connectivity index (χ4v) is 2.09. The molecule has 1 aliphatic rings. The molecular formula is C12H15F2NO. The Kier molecular flexibility index (Phi) is 3.72. The minimum absolute atomic E-state index is 0.142. The van der Waals surface area contributed by atoms with E-state index in [1.807, 2.05) is 12.1 Å². The molecular weight excluding hydrogens is 212 g/mol. The maximum Gasteiger partial charge on any atom is 0.387 e. The standard InChI is InChI=1S/C12H15F2NO/c13-12(14)16-11-7-2-1-5-9(11)10-6-3-4-8-15-10/h1-2,5,7,10,12,15H,3-4,6,8H2/t10-/m1/s1. The predicted octanol–water partition coefficient (Wildman–Crippen LogP) is 3.10. The van der Waals surface area contributed by atoms with Crippen molar-refractivity contribution in [2.75, 3.05) is 6.54 Å². The minimum Gasteiger partial charge on any atom is -0.434 e. The van der Waals surface area contributed by atoms with Crippen LogP contribution in [0.4, 0.5) is 8.78 Å². The molecule has 1 aromatic carbocycles. The largest absolute Gasteiger partial charge is 0.434 e. The summed E-state index contributed by atoms with van der Waals surface area (Å²) in [4.78, 5) is 0. The number of halogens is 2. The number of piperidine rings is 1. The first kappa shape index (κ1) is 11.3. The van der Waals surface area contributed by atoms with Gasteiger partial charge in [-0.15, -0.1) is 0 Å². The summed E-state index contributed by atoms with van der Waals surface area (Å²) in [6, 6.07) is 7.15. The first-order chi connectivity index (χ1) is 7.77. The summed E-state index contributed by atoms with van der Waals surface area (Å²) in [6.45, 7) is -1.82. The normalized spacial score (nSPS) is 21.1. The van der Waals surface area contributed by atoms with Crippen LogP contribution in [-0.4, -0.2) is 13.2 Å². The molecule has 1 aromatic rings. The van der Waals surface area contributed by atoms with E-state index >= 15 is 0 Å². The number of hydrogen-bond donors (Lipinski definition) is 1.